The molecule has 1 saturated heterocycles. The number of nitrogens with zero attached hydrogens (tertiary/aromatic N) is 7. The Morgan fingerprint density at radius 2 is 2.09 bits per heavy atom. The normalized spacial score (nSPS) is 14.5. The van der Waals surface area contributed by atoms with Crippen molar-refractivity contribution in [3.63, 3.8) is 0 Å². The van der Waals surface area contributed by atoms with E-state index in [0.29, 0.717) is 53.8 Å². The van der Waals surface area contributed by atoms with Gasteiger partial charge in [0.15, 0.2) is 5.65 Å². The van der Waals surface area contributed by atoms with Crippen molar-refractivity contribution >= 4 is 53.6 Å². The van der Waals surface area contributed by atoms with Crippen LogP contribution in [0.3, 0.4) is 0 Å². The van der Waals surface area contributed by atoms with Crippen molar-refractivity contribution in [2.45, 2.75) is 51.9 Å². The zero-order valence-electron chi connectivity index (χ0n) is 24.8. The molecule has 4 heterocycles. The summed E-state index contributed by atoms with van der Waals surface area (Å²) in [4.78, 5) is 37.6. The highest BCUT2D eigenvalue weighted by molar-refractivity contribution is 6.76. The van der Waals surface area contributed by atoms with Gasteiger partial charge in [-0.1, -0.05) is 37.3 Å². The Balaban J connectivity index is 1.49. The first kappa shape index (κ1) is 30.4. The lowest BCUT2D eigenvalue weighted by molar-refractivity contribution is -0.137. The molecule has 0 bridgehead atoms. The summed E-state index contributed by atoms with van der Waals surface area (Å²) in [5.41, 5.74) is 3.04. The first-order chi connectivity index (χ1) is 20.5. The van der Waals surface area contributed by atoms with Crippen LogP contribution in [0.4, 0.5) is 0 Å². The molecular weight excluding hydrogens is 584 g/mol. The molecule has 3 aromatic heterocycles. The summed E-state index contributed by atoms with van der Waals surface area (Å²) < 4.78 is 9.53. The number of halogens is 1. The van der Waals surface area contributed by atoms with Gasteiger partial charge >= 0.3 is 0 Å². The zero-order chi connectivity index (χ0) is 30.9. The van der Waals surface area contributed by atoms with Gasteiger partial charge in [0.2, 0.25) is 5.91 Å². The van der Waals surface area contributed by atoms with Gasteiger partial charge in [-0.2, -0.15) is 10.4 Å². The molecule has 1 aliphatic heterocycles. The Labute approximate surface area is 256 Å². The SMILES string of the molecule is C=CCn1nc(-c2cnc3c(n2)c(C(=O)N[C@H](C)C(=O)N2CC(C#N)C2)cn3COCC[Si](C)(C)C)c2ccc(Cl)cc21. The molecule has 1 atom stereocenters. The zero-order valence-corrected chi connectivity index (χ0v) is 26.6. The van der Waals surface area contributed by atoms with Gasteiger partial charge in [0.05, 0.1) is 35.8 Å². The number of amides is 2. The van der Waals surface area contributed by atoms with Crippen LogP contribution in [0.5, 0.6) is 0 Å². The maximum Gasteiger partial charge on any atom is 0.255 e. The number of carbonyl (C=O) groups is 2. The van der Waals surface area contributed by atoms with Crippen molar-refractivity contribution in [3.8, 4) is 17.5 Å². The number of nitriles is 1. The number of nitrogens with one attached hydrogen (secondary N) is 1. The predicted molar refractivity (Wildman–Crippen MR) is 168 cm³/mol. The number of hydrogen-bond acceptors (Lipinski definition) is 7. The summed E-state index contributed by atoms with van der Waals surface area (Å²) in [6.45, 7) is 14.3. The van der Waals surface area contributed by atoms with Crippen molar-refractivity contribution in [2.24, 2.45) is 5.92 Å². The molecule has 4 aromatic rings. The number of likely N-dealkylation sites (tertiary alicyclic amines) is 1. The summed E-state index contributed by atoms with van der Waals surface area (Å²) in [6.07, 6.45) is 5.05. The largest absolute Gasteiger partial charge is 0.361 e. The van der Waals surface area contributed by atoms with Gasteiger partial charge in [0, 0.05) is 44.4 Å². The van der Waals surface area contributed by atoms with E-state index in [-0.39, 0.29) is 24.1 Å². The molecule has 0 unspecified atom stereocenters. The molecule has 5 rings (SSSR count). The average molecular weight is 619 g/mol. The first-order valence-corrected chi connectivity index (χ1v) is 18.3. The van der Waals surface area contributed by atoms with Crippen molar-refractivity contribution in [1.29, 1.82) is 5.26 Å². The molecule has 43 heavy (non-hydrogen) atoms. The summed E-state index contributed by atoms with van der Waals surface area (Å²) in [5.74, 6) is -0.853. The fourth-order valence-electron chi connectivity index (χ4n) is 4.92. The Kier molecular flexibility index (Phi) is 8.68. The minimum atomic E-state index is -1.28. The van der Waals surface area contributed by atoms with Crippen molar-refractivity contribution in [3.05, 3.63) is 53.8 Å². The molecule has 11 nitrogen and oxygen atoms in total. The maximum atomic E-state index is 13.6. The van der Waals surface area contributed by atoms with E-state index in [4.69, 9.17) is 36.7 Å². The van der Waals surface area contributed by atoms with Gasteiger partial charge in [-0.25, -0.2) is 9.97 Å². The summed E-state index contributed by atoms with van der Waals surface area (Å²) in [5, 5.41) is 18.0. The third-order valence-corrected chi connectivity index (χ3v) is 9.33. The number of aromatic nitrogens is 5. The highest BCUT2D eigenvalue weighted by Gasteiger charge is 2.34. The molecule has 1 fully saturated rings. The first-order valence-electron chi connectivity index (χ1n) is 14.2. The predicted octanol–water partition coefficient (Wildman–Crippen LogP) is 4.70. The summed E-state index contributed by atoms with van der Waals surface area (Å²) >= 11 is 6.28. The highest BCUT2D eigenvalue weighted by Crippen LogP contribution is 2.30. The summed E-state index contributed by atoms with van der Waals surface area (Å²) in [7, 11) is -1.28. The Hall–Kier alpha value is -4.05. The van der Waals surface area contributed by atoms with E-state index in [0.717, 1.165) is 16.9 Å². The highest BCUT2D eigenvalue weighted by atomic mass is 35.5. The molecule has 0 spiro atoms. The minimum absolute atomic E-state index is 0.165. The lowest BCUT2D eigenvalue weighted by atomic mass is 10.0. The third-order valence-electron chi connectivity index (χ3n) is 7.39. The third kappa shape index (κ3) is 6.49. The van der Waals surface area contributed by atoms with E-state index >= 15 is 0 Å². The molecule has 0 saturated carbocycles. The van der Waals surface area contributed by atoms with Gasteiger partial charge in [0.1, 0.15) is 29.7 Å². The quantitative estimate of drug-likeness (QED) is 0.146. The molecular formula is C30H35ClN8O3Si. The van der Waals surface area contributed by atoms with Crippen LogP contribution in [0, 0.1) is 17.2 Å². The Morgan fingerprint density at radius 3 is 2.79 bits per heavy atom. The molecule has 0 radical (unpaired) electrons. The topological polar surface area (TPSA) is 131 Å². The van der Waals surface area contributed by atoms with Crippen molar-refractivity contribution in [1.82, 2.24) is 34.5 Å². The van der Waals surface area contributed by atoms with Gasteiger partial charge in [-0.15, -0.1) is 6.58 Å². The molecule has 224 valence electrons. The molecule has 1 aromatic carbocycles. The standard InChI is InChI=1S/C30H35ClN8O3Si/c1-6-9-39-25-12-21(31)7-8-22(25)26(36-39)24-14-33-28-27(35-24)23(17-38(28)18-42-10-11-43(3,4)5)29(40)34-19(2)30(41)37-15-20(13-32)16-37/h6-8,12,14,17,19-20H,1,9-11,15-16,18H2,2-5H3,(H,34,40)/t19-/m1/s1. The number of hydrogen-bond donors (Lipinski definition) is 1. The number of benzene rings is 1. The monoisotopic (exact) mass is 618 g/mol. The molecule has 0 aliphatic carbocycles. The number of carbonyl (C=O) groups excluding carboxylic acids is 2. The fourth-order valence-corrected chi connectivity index (χ4v) is 5.84. The van der Waals surface area contributed by atoms with E-state index < -0.39 is 20.0 Å². The van der Waals surface area contributed by atoms with Gasteiger partial charge < -0.3 is 19.5 Å². The Bertz CT molecular complexity index is 1750. The van der Waals surface area contributed by atoms with Gasteiger partial charge in [-0.05, 0) is 31.2 Å². The van der Waals surface area contributed by atoms with E-state index in [1.165, 1.54) is 0 Å². The second-order valence-corrected chi connectivity index (χ2v) is 18.1. The van der Waals surface area contributed by atoms with Gasteiger partial charge in [0.25, 0.3) is 5.91 Å². The molecule has 1 N–H and O–H groups in total. The molecule has 13 heteroatoms. The average Bonchev–Trinajstić information content (AvgIpc) is 3.48. The van der Waals surface area contributed by atoms with Crippen LogP contribution < -0.4 is 5.32 Å². The van der Waals surface area contributed by atoms with Crippen LogP contribution in [0.1, 0.15) is 17.3 Å². The number of allylic oxidation sites excluding steroid dienone is 1. The lowest BCUT2D eigenvalue weighted by Crippen LogP contribution is -2.55. The van der Waals surface area contributed by atoms with Crippen LogP contribution in [0.15, 0.2) is 43.2 Å². The molecule has 2 amide bonds. The van der Waals surface area contributed by atoms with Crippen LogP contribution in [-0.2, 0) is 22.8 Å². The van der Waals surface area contributed by atoms with Crippen molar-refractivity contribution < 1.29 is 14.3 Å². The second-order valence-electron chi connectivity index (χ2n) is 12.0. The van der Waals surface area contributed by atoms with Crippen LogP contribution in [-0.4, -0.2) is 74.8 Å². The van der Waals surface area contributed by atoms with E-state index in [1.807, 2.05) is 12.1 Å². The Morgan fingerprint density at radius 1 is 1.33 bits per heavy atom. The lowest BCUT2D eigenvalue weighted by Gasteiger charge is -2.37. The minimum Gasteiger partial charge on any atom is -0.361 e. The van der Waals surface area contributed by atoms with Crippen LogP contribution in [0.2, 0.25) is 30.7 Å². The van der Waals surface area contributed by atoms with Crippen LogP contribution >= 0.6 is 11.6 Å². The van der Waals surface area contributed by atoms with Gasteiger partial charge in [-0.3, -0.25) is 14.3 Å². The fraction of sp³-hybridized carbons (Fsp3) is 0.400. The second kappa shape index (κ2) is 12.3. The van der Waals surface area contributed by atoms with E-state index in [9.17, 15) is 9.59 Å². The van der Waals surface area contributed by atoms with Crippen molar-refractivity contribution in [2.75, 3.05) is 19.7 Å². The summed E-state index contributed by atoms with van der Waals surface area (Å²) in [6, 6.07) is 7.90. The smallest absolute Gasteiger partial charge is 0.255 e. The number of fused-ring (bicyclic) bond motifs is 2. The van der Waals surface area contributed by atoms with Crippen LogP contribution in [0.25, 0.3) is 33.5 Å². The maximum absolute atomic E-state index is 13.6. The van der Waals surface area contributed by atoms with E-state index in [2.05, 4.69) is 37.6 Å². The number of rotatable bonds is 11. The van der Waals surface area contributed by atoms with E-state index in [1.54, 1.807) is 45.6 Å². The number of ether oxygens (including phenoxy) is 1. The molecule has 1 aliphatic rings.